The molecule has 0 heterocycles. The first-order chi connectivity index (χ1) is 8.68. The van der Waals surface area contributed by atoms with Crippen LogP contribution >= 0.6 is 0 Å². The van der Waals surface area contributed by atoms with Gasteiger partial charge in [0.15, 0.2) is 5.75 Å². The maximum Gasteiger partial charge on any atom is 0.268 e. The molecule has 0 bridgehead atoms. The Morgan fingerprint density at radius 2 is 1.44 bits per heavy atom. The van der Waals surface area contributed by atoms with Crippen LogP contribution in [0.15, 0.2) is 46.0 Å². The zero-order valence-corrected chi connectivity index (χ0v) is 9.46. The number of benzene rings is 1. The summed E-state index contributed by atoms with van der Waals surface area (Å²) in [4.78, 5) is 22.4. The lowest BCUT2D eigenvalue weighted by Gasteiger charge is -2.10. The van der Waals surface area contributed by atoms with Gasteiger partial charge in [-0.2, -0.15) is 0 Å². The van der Waals surface area contributed by atoms with Gasteiger partial charge in [0, 0.05) is 5.92 Å². The zero-order chi connectivity index (χ0) is 12.7. The Balaban J connectivity index is 2.06. The molecule has 0 saturated heterocycles. The van der Waals surface area contributed by atoms with Gasteiger partial charge in [0.25, 0.3) is 5.43 Å². The first kappa shape index (κ1) is 10.7. The summed E-state index contributed by atoms with van der Waals surface area (Å²) in [5.74, 6) is -0.729. The van der Waals surface area contributed by atoms with Crippen molar-refractivity contribution in [1.29, 1.82) is 0 Å². The summed E-state index contributed by atoms with van der Waals surface area (Å²) in [6, 6.07) is 7.82. The van der Waals surface area contributed by atoms with Gasteiger partial charge in [-0.3, -0.25) is 9.59 Å². The van der Waals surface area contributed by atoms with Crippen LogP contribution in [-0.4, -0.2) is 5.11 Å². The molecule has 1 aliphatic rings. The SMILES string of the molecule is O=c1c(O)c(C2C=Cc3ccccc3C=C2)c1=O. The second-order valence-corrected chi connectivity index (χ2v) is 4.29. The van der Waals surface area contributed by atoms with Crippen LogP contribution in [0.4, 0.5) is 0 Å². The highest BCUT2D eigenvalue weighted by molar-refractivity contribution is 5.69. The Morgan fingerprint density at radius 1 is 0.889 bits per heavy atom. The van der Waals surface area contributed by atoms with Crippen LogP contribution < -0.4 is 10.9 Å². The van der Waals surface area contributed by atoms with Gasteiger partial charge in [0.2, 0.25) is 5.43 Å². The van der Waals surface area contributed by atoms with E-state index in [1.165, 1.54) is 0 Å². The third kappa shape index (κ3) is 1.44. The van der Waals surface area contributed by atoms with Crippen LogP contribution in [0.1, 0.15) is 22.6 Å². The fraction of sp³-hybridized carbons (Fsp3) is 0.0667. The first-order valence-corrected chi connectivity index (χ1v) is 5.66. The van der Waals surface area contributed by atoms with Gasteiger partial charge in [0.1, 0.15) is 0 Å². The Hall–Kier alpha value is -2.42. The van der Waals surface area contributed by atoms with Crippen LogP contribution in [0.2, 0.25) is 0 Å². The Bertz CT molecular complexity index is 710. The summed E-state index contributed by atoms with van der Waals surface area (Å²) in [5, 5.41) is 9.45. The number of hydrogen-bond donors (Lipinski definition) is 1. The average Bonchev–Trinajstić information content (AvgIpc) is 2.62. The van der Waals surface area contributed by atoms with Crippen LogP contribution in [-0.2, 0) is 0 Å². The van der Waals surface area contributed by atoms with Crippen molar-refractivity contribution >= 4 is 12.2 Å². The smallest absolute Gasteiger partial charge is 0.268 e. The van der Waals surface area contributed by atoms with Gasteiger partial charge >= 0.3 is 0 Å². The Morgan fingerprint density at radius 3 is 1.94 bits per heavy atom. The Labute approximate surface area is 103 Å². The summed E-state index contributed by atoms with van der Waals surface area (Å²) in [6.07, 6.45) is 7.43. The first-order valence-electron chi connectivity index (χ1n) is 5.66. The number of rotatable bonds is 1. The van der Waals surface area contributed by atoms with Gasteiger partial charge in [-0.15, -0.1) is 0 Å². The van der Waals surface area contributed by atoms with Crippen molar-refractivity contribution in [2.45, 2.75) is 5.92 Å². The molecule has 1 aliphatic carbocycles. The zero-order valence-electron chi connectivity index (χ0n) is 9.46. The number of fused-ring (bicyclic) bond motifs is 1. The van der Waals surface area contributed by atoms with Crippen molar-refractivity contribution in [2.75, 3.05) is 0 Å². The number of allylic oxidation sites excluding steroid dienone is 2. The molecule has 88 valence electrons. The van der Waals surface area contributed by atoms with E-state index < -0.39 is 16.6 Å². The topological polar surface area (TPSA) is 54.4 Å². The molecule has 0 fully saturated rings. The van der Waals surface area contributed by atoms with Crippen molar-refractivity contribution in [3.05, 3.63) is 73.6 Å². The molecule has 0 aliphatic heterocycles. The lowest BCUT2D eigenvalue weighted by atomic mass is 9.93. The van der Waals surface area contributed by atoms with E-state index in [2.05, 4.69) is 0 Å². The molecule has 3 nitrogen and oxygen atoms in total. The van der Waals surface area contributed by atoms with Gasteiger partial charge in [-0.05, 0) is 11.1 Å². The fourth-order valence-electron chi connectivity index (χ4n) is 2.19. The molecular weight excluding hydrogens is 228 g/mol. The molecule has 0 spiro atoms. The van der Waals surface area contributed by atoms with E-state index in [0.717, 1.165) is 11.1 Å². The highest BCUT2D eigenvalue weighted by Crippen LogP contribution is 2.28. The molecule has 0 radical (unpaired) electrons. The molecule has 0 amide bonds. The molecule has 3 heteroatoms. The minimum absolute atomic E-state index is 0.195. The average molecular weight is 238 g/mol. The molecule has 3 rings (SSSR count). The Kier molecular flexibility index (Phi) is 2.27. The highest BCUT2D eigenvalue weighted by Gasteiger charge is 2.25. The van der Waals surface area contributed by atoms with Crippen molar-refractivity contribution in [3.63, 3.8) is 0 Å². The van der Waals surface area contributed by atoms with E-state index >= 15 is 0 Å². The standard InChI is InChI=1S/C15H10O3/c16-13-12(14(17)15(13)18)11-7-5-9-3-1-2-4-10(9)6-8-11/h1-8,11,16H. The van der Waals surface area contributed by atoms with Crippen molar-refractivity contribution in [1.82, 2.24) is 0 Å². The molecular formula is C15H10O3. The van der Waals surface area contributed by atoms with Crippen molar-refractivity contribution in [3.8, 4) is 5.75 Å². The summed E-state index contributed by atoms with van der Waals surface area (Å²) in [6.45, 7) is 0. The van der Waals surface area contributed by atoms with Crippen molar-refractivity contribution < 1.29 is 5.11 Å². The molecule has 0 unspecified atom stereocenters. The normalized spacial score (nSPS) is 14.7. The quantitative estimate of drug-likeness (QED) is 0.771. The molecule has 1 N–H and O–H groups in total. The van der Waals surface area contributed by atoms with Crippen LogP contribution in [0.25, 0.3) is 12.2 Å². The van der Waals surface area contributed by atoms with Crippen LogP contribution in [0.5, 0.6) is 5.75 Å². The maximum atomic E-state index is 11.4. The maximum absolute atomic E-state index is 11.4. The molecule has 0 saturated carbocycles. The van der Waals surface area contributed by atoms with E-state index in [4.69, 9.17) is 0 Å². The second-order valence-electron chi connectivity index (χ2n) is 4.29. The van der Waals surface area contributed by atoms with Crippen LogP contribution in [0.3, 0.4) is 0 Å². The summed E-state index contributed by atoms with van der Waals surface area (Å²) < 4.78 is 0. The third-order valence-corrected chi connectivity index (χ3v) is 3.22. The lowest BCUT2D eigenvalue weighted by molar-refractivity contribution is 0.453. The van der Waals surface area contributed by atoms with E-state index in [0.29, 0.717) is 0 Å². The molecule has 0 aromatic heterocycles. The largest absolute Gasteiger partial charge is 0.504 e. The fourth-order valence-corrected chi connectivity index (χ4v) is 2.19. The number of aromatic hydroxyl groups is 1. The molecule has 2 aromatic carbocycles. The summed E-state index contributed by atoms with van der Waals surface area (Å²) in [7, 11) is 0. The van der Waals surface area contributed by atoms with Crippen LogP contribution in [0, 0.1) is 0 Å². The minimum Gasteiger partial charge on any atom is -0.504 e. The van der Waals surface area contributed by atoms with Gasteiger partial charge in [-0.25, -0.2) is 0 Å². The highest BCUT2D eigenvalue weighted by atomic mass is 16.3. The molecule has 18 heavy (non-hydrogen) atoms. The predicted octanol–water partition coefficient (Wildman–Crippen LogP) is 1.81. The van der Waals surface area contributed by atoms with Gasteiger partial charge in [0.05, 0.1) is 5.56 Å². The van der Waals surface area contributed by atoms with Gasteiger partial charge in [-0.1, -0.05) is 48.6 Å². The van der Waals surface area contributed by atoms with Gasteiger partial charge < -0.3 is 5.11 Å². The van der Waals surface area contributed by atoms with E-state index in [1.54, 1.807) is 0 Å². The summed E-state index contributed by atoms with van der Waals surface area (Å²) >= 11 is 0. The number of hydrogen-bond acceptors (Lipinski definition) is 3. The van der Waals surface area contributed by atoms with E-state index in [1.807, 2.05) is 48.6 Å². The van der Waals surface area contributed by atoms with E-state index in [9.17, 15) is 14.7 Å². The predicted molar refractivity (Wildman–Crippen MR) is 70.3 cm³/mol. The minimum atomic E-state index is -0.784. The second kappa shape index (κ2) is 3.81. The lowest BCUT2D eigenvalue weighted by Crippen LogP contribution is -2.35. The third-order valence-electron chi connectivity index (χ3n) is 3.22. The molecule has 2 aromatic rings. The monoisotopic (exact) mass is 238 g/mol. The van der Waals surface area contributed by atoms with Crippen molar-refractivity contribution in [2.24, 2.45) is 0 Å². The summed E-state index contributed by atoms with van der Waals surface area (Å²) in [5.41, 5.74) is 0.926. The molecule has 0 atom stereocenters. The van der Waals surface area contributed by atoms with E-state index in [-0.39, 0.29) is 11.5 Å².